The smallest absolute Gasteiger partial charge is 0.333 e. The number of carboxylic acid groups (broad SMARTS) is 1. The highest BCUT2D eigenvalue weighted by Gasteiger charge is 2.28. The van der Waals surface area contributed by atoms with Gasteiger partial charge in [0.2, 0.25) is 0 Å². The molecule has 3 rings (SSSR count). The number of nitrogens with zero attached hydrogens (tertiary/aromatic N) is 2. The van der Waals surface area contributed by atoms with E-state index < -0.39 is 5.97 Å². The largest absolute Gasteiger partial charge is 0.478 e. The van der Waals surface area contributed by atoms with Gasteiger partial charge in [0, 0.05) is 25.3 Å². The molecule has 19 heavy (non-hydrogen) atoms. The molecule has 5 heteroatoms. The number of carboxylic acids is 1. The quantitative estimate of drug-likeness (QED) is 0.761. The lowest BCUT2D eigenvalue weighted by molar-refractivity contribution is -0.132. The zero-order chi connectivity index (χ0) is 13.4. The van der Waals surface area contributed by atoms with E-state index in [4.69, 9.17) is 5.73 Å². The molecular formula is C14H17N3O2. The zero-order valence-electron chi connectivity index (χ0n) is 10.6. The molecule has 3 N–H and O–H groups in total. The fraction of sp³-hybridized carbons (Fsp3) is 0.357. The molecule has 0 aliphatic carbocycles. The van der Waals surface area contributed by atoms with Crippen LogP contribution in [0.4, 0.5) is 0 Å². The maximum atomic E-state index is 11.3. The van der Waals surface area contributed by atoms with Crippen molar-refractivity contribution in [3.05, 3.63) is 47.5 Å². The molecule has 1 saturated heterocycles. The second-order valence-electron chi connectivity index (χ2n) is 5.07. The van der Waals surface area contributed by atoms with E-state index in [1.54, 1.807) is 6.08 Å². The molecule has 100 valence electrons. The minimum absolute atomic E-state index is 0.174. The van der Waals surface area contributed by atoms with Gasteiger partial charge in [-0.3, -0.25) is 0 Å². The maximum absolute atomic E-state index is 11.3. The van der Waals surface area contributed by atoms with E-state index in [0.717, 1.165) is 30.9 Å². The summed E-state index contributed by atoms with van der Waals surface area (Å²) in [6.07, 6.45) is 10.6. The first kappa shape index (κ1) is 12.0. The molecular weight excluding hydrogens is 242 g/mol. The molecule has 5 nitrogen and oxygen atoms in total. The van der Waals surface area contributed by atoms with Crippen molar-refractivity contribution in [2.75, 3.05) is 19.6 Å². The van der Waals surface area contributed by atoms with Crippen molar-refractivity contribution in [1.29, 1.82) is 0 Å². The molecule has 1 fully saturated rings. The summed E-state index contributed by atoms with van der Waals surface area (Å²) in [4.78, 5) is 15.4. The van der Waals surface area contributed by atoms with Gasteiger partial charge >= 0.3 is 5.97 Å². The molecule has 0 saturated carbocycles. The number of hydrogen-bond donors (Lipinski definition) is 2. The highest BCUT2D eigenvalue weighted by molar-refractivity contribution is 5.88. The highest BCUT2D eigenvalue weighted by atomic mass is 16.4. The number of carbonyl (C=O) groups is 1. The number of fused-ring (bicyclic) bond motifs is 1. The fourth-order valence-electron chi connectivity index (χ4n) is 2.70. The molecule has 0 spiro atoms. The number of nitrogens with two attached hydrogens (primary N) is 1. The van der Waals surface area contributed by atoms with Crippen molar-refractivity contribution in [1.82, 2.24) is 9.80 Å². The molecule has 3 aliphatic rings. The van der Waals surface area contributed by atoms with Gasteiger partial charge in [-0.05, 0) is 24.6 Å². The van der Waals surface area contributed by atoms with E-state index in [9.17, 15) is 9.90 Å². The Bertz CT molecular complexity index is 531. The average Bonchev–Trinajstić information content (AvgIpc) is 2.84. The van der Waals surface area contributed by atoms with E-state index >= 15 is 0 Å². The lowest BCUT2D eigenvalue weighted by Gasteiger charge is -2.33. The summed E-state index contributed by atoms with van der Waals surface area (Å²) in [6.45, 7) is 2.08. The Morgan fingerprint density at radius 1 is 1.37 bits per heavy atom. The van der Waals surface area contributed by atoms with Gasteiger partial charge in [-0.15, -0.1) is 0 Å². The van der Waals surface area contributed by atoms with Gasteiger partial charge in [0.25, 0.3) is 0 Å². The normalized spacial score (nSPS) is 25.7. The van der Waals surface area contributed by atoms with Crippen LogP contribution in [0, 0.1) is 0 Å². The van der Waals surface area contributed by atoms with Crippen LogP contribution < -0.4 is 5.73 Å². The van der Waals surface area contributed by atoms with Crippen LogP contribution in [0.5, 0.6) is 0 Å². The summed E-state index contributed by atoms with van der Waals surface area (Å²) in [6, 6.07) is 0.174. The Morgan fingerprint density at radius 3 is 2.89 bits per heavy atom. The Morgan fingerprint density at radius 2 is 2.21 bits per heavy atom. The summed E-state index contributed by atoms with van der Waals surface area (Å²) >= 11 is 0. The number of likely N-dealkylation sites (tertiary alicyclic amines) is 1. The van der Waals surface area contributed by atoms with Crippen LogP contribution in [-0.2, 0) is 4.79 Å². The van der Waals surface area contributed by atoms with Crippen molar-refractivity contribution in [3.63, 3.8) is 0 Å². The first-order chi connectivity index (χ1) is 9.15. The molecule has 3 aliphatic heterocycles. The summed E-state index contributed by atoms with van der Waals surface area (Å²) in [5, 5.41) is 9.24. The van der Waals surface area contributed by atoms with Crippen LogP contribution in [0.15, 0.2) is 47.5 Å². The van der Waals surface area contributed by atoms with Gasteiger partial charge in [-0.2, -0.15) is 0 Å². The van der Waals surface area contributed by atoms with Gasteiger partial charge < -0.3 is 20.6 Å². The minimum Gasteiger partial charge on any atom is -0.478 e. The predicted molar refractivity (Wildman–Crippen MR) is 71.9 cm³/mol. The number of rotatable bonds is 2. The lowest BCUT2D eigenvalue weighted by Crippen LogP contribution is -2.34. The van der Waals surface area contributed by atoms with Crippen LogP contribution in [0.2, 0.25) is 0 Å². The number of allylic oxidation sites excluding steroid dienone is 4. The van der Waals surface area contributed by atoms with E-state index in [-0.39, 0.29) is 6.04 Å². The van der Waals surface area contributed by atoms with Crippen molar-refractivity contribution < 1.29 is 9.90 Å². The van der Waals surface area contributed by atoms with Crippen molar-refractivity contribution in [2.45, 2.75) is 12.5 Å². The second kappa shape index (κ2) is 4.59. The van der Waals surface area contributed by atoms with Crippen molar-refractivity contribution in [2.24, 2.45) is 5.73 Å². The van der Waals surface area contributed by atoms with Crippen LogP contribution in [0.1, 0.15) is 6.42 Å². The SMILES string of the molecule is NC1CCN(C2=C3C=CC=CN3CC(C(=O)O)=C2)C1. The van der Waals surface area contributed by atoms with Crippen LogP contribution in [-0.4, -0.2) is 46.6 Å². The first-order valence-corrected chi connectivity index (χ1v) is 6.45. The molecule has 1 atom stereocenters. The number of hydrogen-bond acceptors (Lipinski definition) is 4. The van der Waals surface area contributed by atoms with Gasteiger partial charge in [-0.25, -0.2) is 4.79 Å². The lowest BCUT2D eigenvalue weighted by atomic mass is 10.1. The molecule has 1 unspecified atom stereocenters. The maximum Gasteiger partial charge on any atom is 0.333 e. The van der Waals surface area contributed by atoms with Gasteiger partial charge in [0.15, 0.2) is 0 Å². The topological polar surface area (TPSA) is 69.8 Å². The van der Waals surface area contributed by atoms with Gasteiger partial charge in [0.05, 0.1) is 23.5 Å². The summed E-state index contributed by atoms with van der Waals surface area (Å²) in [5.74, 6) is -0.858. The fourth-order valence-corrected chi connectivity index (χ4v) is 2.70. The van der Waals surface area contributed by atoms with E-state index in [2.05, 4.69) is 4.90 Å². The van der Waals surface area contributed by atoms with E-state index in [0.29, 0.717) is 12.1 Å². The summed E-state index contributed by atoms with van der Waals surface area (Å²) < 4.78 is 0. The van der Waals surface area contributed by atoms with Crippen molar-refractivity contribution in [3.8, 4) is 0 Å². The van der Waals surface area contributed by atoms with E-state index in [1.807, 2.05) is 29.3 Å². The first-order valence-electron chi connectivity index (χ1n) is 6.45. The van der Waals surface area contributed by atoms with Crippen LogP contribution in [0.25, 0.3) is 0 Å². The Hall–Kier alpha value is -2.01. The highest BCUT2D eigenvalue weighted by Crippen LogP contribution is 2.29. The molecule has 0 aromatic carbocycles. The van der Waals surface area contributed by atoms with Gasteiger partial charge in [0.1, 0.15) is 0 Å². The molecule has 3 heterocycles. The summed E-state index contributed by atoms with van der Waals surface area (Å²) in [7, 11) is 0. The minimum atomic E-state index is -0.858. The Labute approximate surface area is 112 Å². The predicted octanol–water partition coefficient (Wildman–Crippen LogP) is 0.641. The van der Waals surface area contributed by atoms with Crippen LogP contribution in [0.3, 0.4) is 0 Å². The molecule has 0 amide bonds. The Kier molecular flexibility index (Phi) is 2.91. The average molecular weight is 259 g/mol. The zero-order valence-corrected chi connectivity index (χ0v) is 10.6. The molecule has 0 aromatic rings. The second-order valence-corrected chi connectivity index (χ2v) is 5.07. The number of aliphatic carboxylic acids is 1. The molecule has 0 radical (unpaired) electrons. The standard InChI is InChI=1S/C14H17N3O2/c15-11-4-6-17(9-11)13-7-10(14(18)19)8-16-5-2-1-3-12(13)16/h1-3,5,7,11H,4,6,8-9,15H2,(H,18,19). The third-order valence-corrected chi connectivity index (χ3v) is 3.69. The summed E-state index contributed by atoms with van der Waals surface area (Å²) in [5.41, 5.74) is 8.39. The molecule has 0 aromatic heterocycles. The monoisotopic (exact) mass is 259 g/mol. The van der Waals surface area contributed by atoms with Crippen molar-refractivity contribution >= 4 is 5.97 Å². The Balaban J connectivity index is 2.00. The van der Waals surface area contributed by atoms with Crippen LogP contribution >= 0.6 is 0 Å². The van der Waals surface area contributed by atoms with Gasteiger partial charge in [-0.1, -0.05) is 6.08 Å². The van der Waals surface area contributed by atoms with E-state index in [1.165, 1.54) is 0 Å². The molecule has 0 bridgehead atoms. The third kappa shape index (κ3) is 2.17. The third-order valence-electron chi connectivity index (χ3n) is 3.69.